The van der Waals surface area contributed by atoms with E-state index in [1.54, 1.807) is 6.07 Å². The van der Waals surface area contributed by atoms with Crippen molar-refractivity contribution < 1.29 is 14.3 Å². The van der Waals surface area contributed by atoms with E-state index in [0.29, 0.717) is 28.4 Å². The molecule has 29 heavy (non-hydrogen) atoms. The molecule has 8 heteroatoms. The maximum atomic E-state index is 12.6. The van der Waals surface area contributed by atoms with Crippen molar-refractivity contribution in [1.29, 1.82) is 0 Å². The number of halogens is 1. The summed E-state index contributed by atoms with van der Waals surface area (Å²) in [6.07, 6.45) is 3.35. The van der Waals surface area contributed by atoms with Crippen LogP contribution in [-0.4, -0.2) is 40.7 Å². The number of carbonyl (C=O) groups is 1. The van der Waals surface area contributed by atoms with E-state index in [2.05, 4.69) is 15.3 Å². The zero-order valence-electron chi connectivity index (χ0n) is 15.7. The minimum Gasteiger partial charge on any atom is -0.454 e. The van der Waals surface area contributed by atoms with E-state index in [-0.39, 0.29) is 18.0 Å². The highest BCUT2D eigenvalue weighted by Gasteiger charge is 2.19. The van der Waals surface area contributed by atoms with Crippen molar-refractivity contribution in [2.75, 3.05) is 25.2 Å². The van der Waals surface area contributed by atoms with Crippen LogP contribution < -0.4 is 14.8 Å². The Morgan fingerprint density at radius 1 is 1.00 bits per heavy atom. The number of benzene rings is 2. The molecule has 0 aliphatic carbocycles. The molecule has 0 spiro atoms. The van der Waals surface area contributed by atoms with Crippen LogP contribution in [0.4, 0.5) is 11.5 Å². The molecule has 7 nitrogen and oxygen atoms in total. The number of piperidine rings is 1. The minimum atomic E-state index is 0.0829. The van der Waals surface area contributed by atoms with Gasteiger partial charge in [0.2, 0.25) is 12.1 Å². The van der Waals surface area contributed by atoms with E-state index >= 15 is 0 Å². The lowest BCUT2D eigenvalue weighted by atomic mass is 10.1. The predicted octanol–water partition coefficient (Wildman–Crippen LogP) is 4.38. The number of likely N-dealkylation sites (tertiary alicyclic amines) is 1. The number of carbonyl (C=O) groups excluding carboxylic acids is 1. The van der Waals surface area contributed by atoms with Gasteiger partial charge in [0.25, 0.3) is 5.91 Å². The predicted molar refractivity (Wildman–Crippen MR) is 110 cm³/mol. The fourth-order valence-electron chi connectivity index (χ4n) is 3.70. The molecule has 2 aliphatic heterocycles. The van der Waals surface area contributed by atoms with Gasteiger partial charge in [0.1, 0.15) is 5.82 Å². The molecule has 0 atom stereocenters. The summed E-state index contributed by atoms with van der Waals surface area (Å²) in [6, 6.07) is 11.0. The molecule has 1 amide bonds. The SMILES string of the molecule is O=C(c1ccc(Nc2nc(Cl)nc3cc4c(cc23)OCO4)cc1)N1CCCCC1. The molecule has 0 saturated carbocycles. The molecule has 0 bridgehead atoms. The first kappa shape index (κ1) is 18.0. The summed E-state index contributed by atoms with van der Waals surface area (Å²) >= 11 is 6.11. The fraction of sp³-hybridized carbons (Fsp3) is 0.286. The summed E-state index contributed by atoms with van der Waals surface area (Å²) in [5, 5.41) is 4.17. The van der Waals surface area contributed by atoms with Gasteiger partial charge in [-0.15, -0.1) is 0 Å². The summed E-state index contributed by atoms with van der Waals surface area (Å²) in [6.45, 7) is 1.85. The zero-order chi connectivity index (χ0) is 19.8. The molecule has 1 fully saturated rings. The standard InChI is InChI=1S/C21H19ClN4O3/c22-21-24-16-11-18-17(28-12-29-18)10-15(16)19(25-21)23-14-6-4-13(5-7-14)20(27)26-8-2-1-3-9-26/h4-7,10-11H,1-3,8-9,12H2,(H,23,24,25). The summed E-state index contributed by atoms with van der Waals surface area (Å²) in [5.41, 5.74) is 2.15. The van der Waals surface area contributed by atoms with E-state index in [9.17, 15) is 4.79 Å². The Morgan fingerprint density at radius 3 is 2.48 bits per heavy atom. The van der Waals surface area contributed by atoms with Crippen LogP contribution in [0.25, 0.3) is 10.9 Å². The molecule has 3 aromatic rings. The van der Waals surface area contributed by atoms with Gasteiger partial charge in [0, 0.05) is 35.8 Å². The zero-order valence-corrected chi connectivity index (χ0v) is 16.4. The van der Waals surface area contributed by atoms with Gasteiger partial charge in [0.05, 0.1) is 5.52 Å². The third-order valence-corrected chi connectivity index (χ3v) is 5.37. The fourth-order valence-corrected chi connectivity index (χ4v) is 3.87. The van der Waals surface area contributed by atoms with Gasteiger partial charge in [-0.25, -0.2) is 4.98 Å². The maximum Gasteiger partial charge on any atom is 0.253 e. The van der Waals surface area contributed by atoms with Crippen molar-refractivity contribution in [3.63, 3.8) is 0 Å². The lowest BCUT2D eigenvalue weighted by Crippen LogP contribution is -2.35. The van der Waals surface area contributed by atoms with Crippen LogP contribution in [0, 0.1) is 0 Å². The highest BCUT2D eigenvalue weighted by molar-refractivity contribution is 6.28. The first-order valence-corrected chi connectivity index (χ1v) is 9.98. The Bertz CT molecular complexity index is 1080. The number of nitrogens with zero attached hydrogens (tertiary/aromatic N) is 3. The summed E-state index contributed by atoms with van der Waals surface area (Å²) in [5.74, 6) is 1.93. The van der Waals surface area contributed by atoms with Crippen LogP contribution in [0.1, 0.15) is 29.6 Å². The van der Waals surface area contributed by atoms with Crippen LogP contribution in [0.3, 0.4) is 0 Å². The Labute approximate surface area is 172 Å². The smallest absolute Gasteiger partial charge is 0.253 e. The van der Waals surface area contributed by atoms with Crippen molar-refractivity contribution in [1.82, 2.24) is 14.9 Å². The minimum absolute atomic E-state index is 0.0829. The van der Waals surface area contributed by atoms with Crippen molar-refractivity contribution in [2.45, 2.75) is 19.3 Å². The second kappa shape index (κ2) is 7.40. The average Bonchev–Trinajstić information content (AvgIpc) is 3.20. The Balaban J connectivity index is 1.41. The molecule has 0 radical (unpaired) electrons. The van der Waals surface area contributed by atoms with Crippen LogP contribution in [0.15, 0.2) is 36.4 Å². The molecule has 5 rings (SSSR count). The third-order valence-electron chi connectivity index (χ3n) is 5.20. The van der Waals surface area contributed by atoms with Crippen molar-refractivity contribution in [3.8, 4) is 11.5 Å². The lowest BCUT2D eigenvalue weighted by molar-refractivity contribution is 0.0724. The van der Waals surface area contributed by atoms with Crippen molar-refractivity contribution in [3.05, 3.63) is 47.2 Å². The van der Waals surface area contributed by atoms with Gasteiger partial charge in [-0.2, -0.15) is 4.98 Å². The molecule has 0 unspecified atom stereocenters. The Morgan fingerprint density at radius 2 is 1.72 bits per heavy atom. The van der Waals surface area contributed by atoms with Crippen molar-refractivity contribution in [2.24, 2.45) is 0 Å². The lowest BCUT2D eigenvalue weighted by Gasteiger charge is -2.26. The quantitative estimate of drug-likeness (QED) is 0.645. The monoisotopic (exact) mass is 410 g/mol. The first-order valence-electron chi connectivity index (χ1n) is 9.61. The first-order chi connectivity index (χ1) is 14.2. The molecule has 3 heterocycles. The van der Waals surface area contributed by atoms with Crippen LogP contribution in [0.2, 0.25) is 5.28 Å². The number of nitrogens with one attached hydrogen (secondary N) is 1. The maximum absolute atomic E-state index is 12.6. The molecule has 1 saturated heterocycles. The summed E-state index contributed by atoms with van der Waals surface area (Å²) in [4.78, 5) is 23.2. The van der Waals surface area contributed by atoms with E-state index in [1.807, 2.05) is 35.2 Å². The van der Waals surface area contributed by atoms with Gasteiger partial charge in [0.15, 0.2) is 11.5 Å². The third kappa shape index (κ3) is 3.53. The molecule has 1 aromatic heterocycles. The van der Waals surface area contributed by atoms with Gasteiger partial charge < -0.3 is 19.7 Å². The number of rotatable bonds is 3. The van der Waals surface area contributed by atoms with Gasteiger partial charge >= 0.3 is 0 Å². The highest BCUT2D eigenvalue weighted by Crippen LogP contribution is 2.38. The van der Waals surface area contributed by atoms with E-state index in [4.69, 9.17) is 21.1 Å². The summed E-state index contributed by atoms with van der Waals surface area (Å²) < 4.78 is 10.9. The largest absolute Gasteiger partial charge is 0.454 e. The van der Waals surface area contributed by atoms with Crippen LogP contribution in [-0.2, 0) is 0 Å². The molecule has 148 valence electrons. The number of ether oxygens (including phenoxy) is 2. The molecule has 1 N–H and O–H groups in total. The van der Waals surface area contributed by atoms with Crippen molar-refractivity contribution >= 4 is 39.9 Å². The van der Waals surface area contributed by atoms with E-state index < -0.39 is 0 Å². The van der Waals surface area contributed by atoms with E-state index in [1.165, 1.54) is 6.42 Å². The van der Waals surface area contributed by atoms with Gasteiger partial charge in [-0.1, -0.05) is 0 Å². The summed E-state index contributed by atoms with van der Waals surface area (Å²) in [7, 11) is 0. The van der Waals surface area contributed by atoms with Gasteiger partial charge in [-0.3, -0.25) is 4.79 Å². The number of amides is 1. The molecular formula is C21H19ClN4O3. The number of hydrogen-bond acceptors (Lipinski definition) is 6. The molecule has 2 aromatic carbocycles. The van der Waals surface area contributed by atoms with E-state index in [0.717, 1.165) is 37.0 Å². The van der Waals surface area contributed by atoms with Gasteiger partial charge in [-0.05, 0) is 61.2 Å². The Hall–Kier alpha value is -3.06. The number of anilines is 2. The average molecular weight is 411 g/mol. The van der Waals surface area contributed by atoms with Crippen LogP contribution in [0.5, 0.6) is 11.5 Å². The second-order valence-corrected chi connectivity index (χ2v) is 7.46. The number of aromatic nitrogens is 2. The second-order valence-electron chi connectivity index (χ2n) is 7.12. The van der Waals surface area contributed by atoms with Crippen LogP contribution >= 0.6 is 11.6 Å². The Kier molecular flexibility index (Phi) is 4.60. The molecular weight excluding hydrogens is 392 g/mol. The normalized spacial score (nSPS) is 15.6. The highest BCUT2D eigenvalue weighted by atomic mass is 35.5. The number of fused-ring (bicyclic) bond motifs is 2. The number of hydrogen-bond donors (Lipinski definition) is 1. The molecule has 2 aliphatic rings. The topological polar surface area (TPSA) is 76.6 Å².